The number of carbonyl (C=O) groups excluding carboxylic acids is 2. The highest BCUT2D eigenvalue weighted by molar-refractivity contribution is 5.96. The van der Waals surface area contributed by atoms with Crippen LogP contribution >= 0.6 is 0 Å². The van der Waals surface area contributed by atoms with Gasteiger partial charge in [-0.1, -0.05) is 35.9 Å². The molecule has 0 radical (unpaired) electrons. The average molecular weight is 394 g/mol. The van der Waals surface area contributed by atoms with E-state index < -0.39 is 0 Å². The van der Waals surface area contributed by atoms with Crippen molar-refractivity contribution in [3.05, 3.63) is 70.3 Å². The first-order valence-electron chi connectivity index (χ1n) is 10.3. The molecule has 1 heterocycles. The second-order valence-corrected chi connectivity index (χ2v) is 7.98. The van der Waals surface area contributed by atoms with Gasteiger partial charge in [0.25, 0.3) is 5.91 Å². The molecule has 0 aromatic heterocycles. The van der Waals surface area contributed by atoms with Gasteiger partial charge in [0.2, 0.25) is 5.91 Å². The number of amides is 2. The Balaban J connectivity index is 1.48. The van der Waals surface area contributed by atoms with Crippen LogP contribution in [-0.4, -0.2) is 54.3 Å². The van der Waals surface area contributed by atoms with Gasteiger partial charge in [-0.25, -0.2) is 0 Å². The molecule has 0 bridgehead atoms. The van der Waals surface area contributed by atoms with E-state index in [2.05, 4.69) is 41.4 Å². The molecule has 2 amide bonds. The molecule has 5 heteroatoms. The Morgan fingerprint density at radius 1 is 0.897 bits per heavy atom. The molecule has 0 aliphatic carbocycles. The van der Waals surface area contributed by atoms with E-state index in [-0.39, 0.29) is 18.4 Å². The van der Waals surface area contributed by atoms with Crippen LogP contribution in [0.1, 0.15) is 39.0 Å². The van der Waals surface area contributed by atoms with Crippen LogP contribution in [0.2, 0.25) is 0 Å². The smallest absolute Gasteiger partial charge is 0.251 e. The summed E-state index contributed by atoms with van der Waals surface area (Å²) in [6.07, 6.45) is 0.947. The third kappa shape index (κ3) is 5.91. The van der Waals surface area contributed by atoms with Gasteiger partial charge in [0.05, 0.1) is 6.54 Å². The van der Waals surface area contributed by atoms with Crippen LogP contribution < -0.4 is 5.32 Å². The maximum absolute atomic E-state index is 12.6. The molecule has 1 N–H and O–H groups in total. The molecule has 0 saturated carbocycles. The number of aryl methyl sites for hydroxylation is 3. The zero-order chi connectivity index (χ0) is 20.8. The Bertz CT molecular complexity index is 861. The molecule has 0 spiro atoms. The first-order valence-corrected chi connectivity index (χ1v) is 10.3. The van der Waals surface area contributed by atoms with Crippen LogP contribution in [0.15, 0.2) is 42.5 Å². The Morgan fingerprint density at radius 2 is 1.66 bits per heavy atom. The standard InChI is InChI=1S/C24H31N3O2/c1-18-5-8-21(9-6-18)17-26-11-4-12-27(14-13-26)23(28)16-25-24(29)22-10-7-19(2)20(3)15-22/h5-10,15H,4,11-14,16-17H2,1-3H3,(H,25,29). The number of hydrogen-bond donors (Lipinski definition) is 1. The largest absolute Gasteiger partial charge is 0.343 e. The molecular formula is C24H31N3O2. The number of nitrogens with zero attached hydrogens (tertiary/aromatic N) is 2. The van der Waals surface area contributed by atoms with E-state index in [0.717, 1.165) is 43.7 Å². The summed E-state index contributed by atoms with van der Waals surface area (Å²) in [6, 6.07) is 14.2. The lowest BCUT2D eigenvalue weighted by Gasteiger charge is -2.22. The van der Waals surface area contributed by atoms with Crippen molar-refractivity contribution in [3.8, 4) is 0 Å². The van der Waals surface area contributed by atoms with E-state index in [9.17, 15) is 9.59 Å². The lowest BCUT2D eigenvalue weighted by Crippen LogP contribution is -2.42. The number of nitrogens with one attached hydrogen (secondary N) is 1. The van der Waals surface area contributed by atoms with E-state index in [1.807, 2.05) is 30.9 Å². The SMILES string of the molecule is Cc1ccc(CN2CCCN(C(=O)CNC(=O)c3ccc(C)c(C)c3)CC2)cc1. The molecule has 154 valence electrons. The molecule has 29 heavy (non-hydrogen) atoms. The van der Waals surface area contributed by atoms with E-state index in [1.165, 1.54) is 11.1 Å². The van der Waals surface area contributed by atoms with Crippen LogP contribution in [0.5, 0.6) is 0 Å². The van der Waals surface area contributed by atoms with Gasteiger partial charge in [0.15, 0.2) is 0 Å². The zero-order valence-electron chi connectivity index (χ0n) is 17.7. The summed E-state index contributed by atoms with van der Waals surface area (Å²) >= 11 is 0. The van der Waals surface area contributed by atoms with Crippen LogP contribution in [0.4, 0.5) is 0 Å². The predicted molar refractivity (Wildman–Crippen MR) is 116 cm³/mol. The van der Waals surface area contributed by atoms with Crippen molar-refractivity contribution in [2.75, 3.05) is 32.7 Å². The molecule has 0 unspecified atom stereocenters. The van der Waals surface area contributed by atoms with Crippen molar-refractivity contribution in [3.63, 3.8) is 0 Å². The van der Waals surface area contributed by atoms with Crippen LogP contribution in [0.3, 0.4) is 0 Å². The van der Waals surface area contributed by atoms with Gasteiger partial charge >= 0.3 is 0 Å². The van der Waals surface area contributed by atoms with Gasteiger partial charge in [0, 0.05) is 38.3 Å². The van der Waals surface area contributed by atoms with Gasteiger partial charge in [-0.3, -0.25) is 14.5 Å². The van der Waals surface area contributed by atoms with E-state index >= 15 is 0 Å². The van der Waals surface area contributed by atoms with Gasteiger partial charge in [-0.15, -0.1) is 0 Å². The average Bonchev–Trinajstić information content (AvgIpc) is 2.95. The number of benzene rings is 2. The third-order valence-corrected chi connectivity index (χ3v) is 5.64. The monoisotopic (exact) mass is 393 g/mol. The lowest BCUT2D eigenvalue weighted by atomic mass is 10.1. The van der Waals surface area contributed by atoms with Gasteiger partial charge in [-0.05, 0) is 56.0 Å². The Hall–Kier alpha value is -2.66. The quantitative estimate of drug-likeness (QED) is 0.849. The maximum Gasteiger partial charge on any atom is 0.251 e. The van der Waals surface area contributed by atoms with Crippen molar-refractivity contribution in [2.24, 2.45) is 0 Å². The summed E-state index contributed by atoms with van der Waals surface area (Å²) in [5.41, 5.74) is 5.39. The molecule has 1 saturated heterocycles. The van der Waals surface area contributed by atoms with Gasteiger partial charge < -0.3 is 10.2 Å². The highest BCUT2D eigenvalue weighted by atomic mass is 16.2. The summed E-state index contributed by atoms with van der Waals surface area (Å²) in [6.45, 7) is 10.3. The zero-order valence-corrected chi connectivity index (χ0v) is 17.7. The highest BCUT2D eigenvalue weighted by Crippen LogP contribution is 2.11. The molecule has 1 aliphatic rings. The summed E-state index contributed by atoms with van der Waals surface area (Å²) in [5.74, 6) is -0.211. The lowest BCUT2D eigenvalue weighted by molar-refractivity contribution is -0.130. The predicted octanol–water partition coefficient (Wildman–Crippen LogP) is 3.08. The van der Waals surface area contributed by atoms with Crippen molar-refractivity contribution >= 4 is 11.8 Å². The molecule has 1 aliphatic heterocycles. The van der Waals surface area contributed by atoms with Gasteiger partial charge in [0.1, 0.15) is 0 Å². The molecule has 2 aromatic carbocycles. The highest BCUT2D eigenvalue weighted by Gasteiger charge is 2.20. The molecule has 5 nitrogen and oxygen atoms in total. The van der Waals surface area contributed by atoms with Crippen molar-refractivity contribution < 1.29 is 9.59 Å². The summed E-state index contributed by atoms with van der Waals surface area (Å²) in [7, 11) is 0. The second-order valence-electron chi connectivity index (χ2n) is 7.98. The fourth-order valence-electron chi connectivity index (χ4n) is 3.58. The third-order valence-electron chi connectivity index (χ3n) is 5.64. The first kappa shape index (κ1) is 21.1. The number of carbonyl (C=O) groups is 2. The van der Waals surface area contributed by atoms with E-state index in [1.54, 1.807) is 6.07 Å². The molecule has 1 fully saturated rings. The minimum Gasteiger partial charge on any atom is -0.343 e. The van der Waals surface area contributed by atoms with Gasteiger partial charge in [-0.2, -0.15) is 0 Å². The minimum absolute atomic E-state index is 0.0145. The summed E-state index contributed by atoms with van der Waals surface area (Å²) in [5, 5.41) is 2.78. The summed E-state index contributed by atoms with van der Waals surface area (Å²) in [4.78, 5) is 29.2. The first-order chi connectivity index (χ1) is 13.9. The topological polar surface area (TPSA) is 52.6 Å². The molecule has 3 rings (SSSR count). The second kappa shape index (κ2) is 9.70. The molecular weight excluding hydrogens is 362 g/mol. The van der Waals surface area contributed by atoms with Crippen LogP contribution in [0.25, 0.3) is 0 Å². The van der Waals surface area contributed by atoms with E-state index in [4.69, 9.17) is 0 Å². The molecule has 2 aromatic rings. The fourth-order valence-corrected chi connectivity index (χ4v) is 3.58. The van der Waals surface area contributed by atoms with Crippen LogP contribution in [0, 0.1) is 20.8 Å². The normalized spacial score (nSPS) is 15.1. The number of hydrogen-bond acceptors (Lipinski definition) is 3. The van der Waals surface area contributed by atoms with Crippen molar-refractivity contribution in [1.82, 2.24) is 15.1 Å². The maximum atomic E-state index is 12.6. The Morgan fingerprint density at radius 3 is 2.38 bits per heavy atom. The summed E-state index contributed by atoms with van der Waals surface area (Å²) < 4.78 is 0. The van der Waals surface area contributed by atoms with Crippen molar-refractivity contribution in [1.29, 1.82) is 0 Å². The molecule has 0 atom stereocenters. The van der Waals surface area contributed by atoms with Crippen molar-refractivity contribution in [2.45, 2.75) is 33.7 Å². The Labute approximate surface area is 173 Å². The number of rotatable bonds is 5. The Kier molecular flexibility index (Phi) is 7.04. The van der Waals surface area contributed by atoms with Crippen LogP contribution in [-0.2, 0) is 11.3 Å². The fraction of sp³-hybridized carbons (Fsp3) is 0.417. The van der Waals surface area contributed by atoms with E-state index in [0.29, 0.717) is 12.1 Å². The minimum atomic E-state index is -0.197.